The number of rotatable bonds is 8. The Hall–Kier alpha value is -3.40. The highest BCUT2D eigenvalue weighted by Crippen LogP contribution is 2.36. The van der Waals surface area contributed by atoms with E-state index in [-0.39, 0.29) is 17.4 Å². The zero-order valence-corrected chi connectivity index (χ0v) is 21.5. The first kappa shape index (κ1) is 25.7. The van der Waals surface area contributed by atoms with Gasteiger partial charge in [-0.15, -0.1) is 0 Å². The smallest absolute Gasteiger partial charge is 0.265 e. The summed E-state index contributed by atoms with van der Waals surface area (Å²) in [6.45, 7) is 4.49. The summed E-state index contributed by atoms with van der Waals surface area (Å²) in [6.07, 6.45) is 0. The molecule has 1 aliphatic rings. The normalized spacial score (nSPS) is 13.3. The quantitative estimate of drug-likeness (QED) is 0.463. The van der Waals surface area contributed by atoms with E-state index in [1.165, 1.54) is 28.6 Å². The predicted octanol–water partition coefficient (Wildman–Crippen LogP) is 4.55. The van der Waals surface area contributed by atoms with Gasteiger partial charge in [-0.2, -0.15) is 4.31 Å². The topological polar surface area (TPSA) is 96.0 Å². The molecule has 8 nitrogen and oxygen atoms in total. The molecule has 0 aromatic heterocycles. The van der Waals surface area contributed by atoms with Gasteiger partial charge in [0, 0.05) is 29.4 Å². The Balaban J connectivity index is 1.54. The van der Waals surface area contributed by atoms with Crippen molar-refractivity contribution in [2.75, 3.05) is 29.9 Å². The molecule has 4 rings (SSSR count). The minimum atomic E-state index is -3.61. The monoisotopic (exact) mass is 527 g/mol. The van der Waals surface area contributed by atoms with Gasteiger partial charge in [-0.05, 0) is 60.2 Å². The van der Waals surface area contributed by atoms with Crippen molar-refractivity contribution in [2.24, 2.45) is 0 Å². The molecular formula is C26H26ClN3O5S. The molecule has 1 heterocycles. The summed E-state index contributed by atoms with van der Waals surface area (Å²) in [4.78, 5) is 27.2. The molecule has 36 heavy (non-hydrogen) atoms. The zero-order chi connectivity index (χ0) is 25.9. The van der Waals surface area contributed by atoms with Crippen molar-refractivity contribution in [2.45, 2.75) is 25.3 Å². The number of anilines is 2. The summed E-state index contributed by atoms with van der Waals surface area (Å²) >= 11 is 6.09. The van der Waals surface area contributed by atoms with Crippen molar-refractivity contribution in [1.29, 1.82) is 0 Å². The average molecular weight is 528 g/mol. The fourth-order valence-electron chi connectivity index (χ4n) is 3.97. The van der Waals surface area contributed by atoms with Crippen molar-refractivity contribution < 1.29 is 22.7 Å². The zero-order valence-electron chi connectivity index (χ0n) is 19.9. The number of hydrogen-bond donors (Lipinski definition) is 1. The molecule has 0 radical (unpaired) electrons. The largest absolute Gasteiger partial charge is 0.482 e. The maximum Gasteiger partial charge on any atom is 0.265 e. The van der Waals surface area contributed by atoms with Crippen LogP contribution in [0.2, 0.25) is 5.02 Å². The standard InChI is InChI=1S/C26H26ClN3O5S/c1-3-29(4-2)36(33,34)22-11-8-19(9-12-22)26(32)28-21-10-13-24-23(15-21)30(25(31)17-35-24)16-18-6-5-7-20(27)14-18/h5-15H,3-4,16-17H2,1-2H3,(H,28,32). The van der Waals surface area contributed by atoms with Crippen LogP contribution in [0.1, 0.15) is 29.8 Å². The van der Waals surface area contributed by atoms with Crippen LogP contribution in [0.3, 0.4) is 0 Å². The van der Waals surface area contributed by atoms with E-state index >= 15 is 0 Å². The number of hydrogen-bond acceptors (Lipinski definition) is 5. The second-order valence-electron chi connectivity index (χ2n) is 8.15. The second-order valence-corrected chi connectivity index (χ2v) is 10.5. The van der Waals surface area contributed by atoms with Gasteiger partial charge in [0.1, 0.15) is 5.75 Å². The molecule has 2 amide bonds. The molecule has 1 N–H and O–H groups in total. The van der Waals surface area contributed by atoms with Gasteiger partial charge in [-0.1, -0.05) is 37.6 Å². The summed E-state index contributed by atoms with van der Waals surface area (Å²) in [5.41, 5.74) is 2.16. The second kappa shape index (κ2) is 10.7. The summed E-state index contributed by atoms with van der Waals surface area (Å²) in [5.74, 6) is -0.0947. The Labute approximate surface area is 215 Å². The molecule has 0 aliphatic carbocycles. The van der Waals surface area contributed by atoms with Crippen LogP contribution in [0.15, 0.2) is 71.6 Å². The van der Waals surface area contributed by atoms with Crippen molar-refractivity contribution >= 4 is 44.8 Å². The number of nitrogens with one attached hydrogen (secondary N) is 1. The number of carbonyl (C=O) groups excluding carboxylic acids is 2. The fraction of sp³-hybridized carbons (Fsp3) is 0.231. The molecule has 10 heteroatoms. The van der Waals surface area contributed by atoms with Crippen molar-refractivity contribution in [1.82, 2.24) is 4.31 Å². The third kappa shape index (κ3) is 5.38. The lowest BCUT2D eigenvalue weighted by Crippen LogP contribution is -2.38. The molecule has 0 atom stereocenters. The van der Waals surface area contributed by atoms with Crippen molar-refractivity contribution in [3.63, 3.8) is 0 Å². The third-order valence-electron chi connectivity index (χ3n) is 5.85. The molecule has 0 spiro atoms. The highest BCUT2D eigenvalue weighted by atomic mass is 35.5. The van der Waals surface area contributed by atoms with Crippen LogP contribution in [0, 0.1) is 0 Å². The van der Waals surface area contributed by atoms with E-state index in [2.05, 4.69) is 5.32 Å². The number of fused-ring (bicyclic) bond motifs is 1. The lowest BCUT2D eigenvalue weighted by Gasteiger charge is -2.30. The summed E-state index contributed by atoms with van der Waals surface area (Å²) < 4.78 is 32.3. The molecular weight excluding hydrogens is 502 g/mol. The van der Waals surface area contributed by atoms with Crippen molar-refractivity contribution in [3.8, 4) is 5.75 Å². The Morgan fingerprint density at radius 3 is 2.44 bits per heavy atom. The Bertz CT molecular complexity index is 1390. The maximum absolute atomic E-state index is 12.9. The lowest BCUT2D eigenvalue weighted by atomic mass is 10.1. The highest BCUT2D eigenvalue weighted by Gasteiger charge is 2.26. The molecule has 1 aliphatic heterocycles. The van der Waals surface area contributed by atoms with Crippen LogP contribution in [0.4, 0.5) is 11.4 Å². The van der Waals surface area contributed by atoms with E-state index < -0.39 is 15.9 Å². The third-order valence-corrected chi connectivity index (χ3v) is 8.15. The van der Waals surface area contributed by atoms with Gasteiger partial charge in [-0.25, -0.2) is 8.42 Å². The molecule has 3 aromatic rings. The van der Waals surface area contributed by atoms with Crippen molar-refractivity contribution in [3.05, 3.63) is 82.9 Å². The molecule has 188 valence electrons. The van der Waals surface area contributed by atoms with E-state index in [0.717, 1.165) is 5.56 Å². The van der Waals surface area contributed by atoms with Crippen LogP contribution < -0.4 is 15.0 Å². The van der Waals surface area contributed by atoms with Crippen LogP contribution in [0.5, 0.6) is 5.75 Å². The van der Waals surface area contributed by atoms with E-state index in [1.807, 2.05) is 12.1 Å². The van der Waals surface area contributed by atoms with E-state index in [1.54, 1.807) is 49.1 Å². The summed E-state index contributed by atoms with van der Waals surface area (Å²) in [5, 5.41) is 3.38. The number of nitrogens with zero attached hydrogens (tertiary/aromatic N) is 2. The lowest BCUT2D eigenvalue weighted by molar-refractivity contribution is -0.121. The minimum absolute atomic E-state index is 0.0813. The van der Waals surface area contributed by atoms with Crippen LogP contribution in [-0.4, -0.2) is 44.2 Å². The predicted molar refractivity (Wildman–Crippen MR) is 139 cm³/mol. The highest BCUT2D eigenvalue weighted by molar-refractivity contribution is 7.89. The van der Waals surface area contributed by atoms with Gasteiger partial charge in [-0.3, -0.25) is 9.59 Å². The number of amides is 2. The Morgan fingerprint density at radius 1 is 1.06 bits per heavy atom. The molecule has 0 bridgehead atoms. The van der Waals surface area contributed by atoms with E-state index in [0.29, 0.717) is 47.3 Å². The molecule has 0 unspecified atom stereocenters. The fourth-order valence-corrected chi connectivity index (χ4v) is 5.64. The van der Waals surface area contributed by atoms with Gasteiger partial charge < -0.3 is 15.0 Å². The number of benzene rings is 3. The number of carbonyl (C=O) groups is 2. The first-order chi connectivity index (χ1) is 17.2. The van der Waals surface area contributed by atoms with Crippen LogP contribution in [-0.2, 0) is 21.4 Å². The minimum Gasteiger partial charge on any atom is -0.482 e. The number of sulfonamides is 1. The van der Waals surface area contributed by atoms with Gasteiger partial charge in [0.05, 0.1) is 17.1 Å². The first-order valence-electron chi connectivity index (χ1n) is 11.5. The molecule has 0 fully saturated rings. The van der Waals surface area contributed by atoms with Gasteiger partial charge in [0.15, 0.2) is 6.61 Å². The van der Waals surface area contributed by atoms with Gasteiger partial charge in [0.25, 0.3) is 11.8 Å². The van der Waals surface area contributed by atoms with Crippen LogP contribution in [0.25, 0.3) is 0 Å². The maximum atomic E-state index is 12.9. The van der Waals surface area contributed by atoms with E-state index in [9.17, 15) is 18.0 Å². The van der Waals surface area contributed by atoms with Gasteiger partial charge in [0.2, 0.25) is 10.0 Å². The van der Waals surface area contributed by atoms with E-state index in [4.69, 9.17) is 16.3 Å². The Morgan fingerprint density at radius 2 is 1.78 bits per heavy atom. The molecule has 0 saturated heterocycles. The summed E-state index contributed by atoms with van der Waals surface area (Å²) in [6, 6.07) is 18.1. The number of ether oxygens (including phenoxy) is 1. The molecule has 3 aromatic carbocycles. The van der Waals surface area contributed by atoms with Gasteiger partial charge >= 0.3 is 0 Å². The summed E-state index contributed by atoms with van der Waals surface area (Å²) in [7, 11) is -3.61. The Kier molecular flexibility index (Phi) is 7.63. The molecule has 0 saturated carbocycles. The average Bonchev–Trinajstić information content (AvgIpc) is 2.86. The first-order valence-corrected chi connectivity index (χ1v) is 13.3. The SMILES string of the molecule is CCN(CC)S(=O)(=O)c1ccc(C(=O)Nc2ccc3c(c2)N(Cc2cccc(Cl)c2)C(=O)CO3)cc1. The number of halogens is 1. The van der Waals surface area contributed by atoms with Crippen LogP contribution >= 0.6 is 11.6 Å².